The smallest absolute Gasteiger partial charge is 0.419 e. The molecule has 0 radical (unpaired) electrons. The van der Waals surface area contributed by atoms with Crippen molar-refractivity contribution in [3.8, 4) is 5.75 Å². The van der Waals surface area contributed by atoms with Crippen LogP contribution in [0, 0.1) is 5.92 Å². The summed E-state index contributed by atoms with van der Waals surface area (Å²) in [6.07, 6.45) is -4.43. The number of methoxy groups -OCH3 is 1. The minimum absolute atomic E-state index is 0.0209. The number of carbonyl (C=O) groups excluding carboxylic acids is 2. The lowest BCUT2D eigenvalue weighted by Gasteiger charge is -2.35. The highest BCUT2D eigenvalue weighted by molar-refractivity contribution is 5.90. The van der Waals surface area contributed by atoms with Gasteiger partial charge in [-0.3, -0.25) is 0 Å². The van der Waals surface area contributed by atoms with Gasteiger partial charge >= 0.3 is 18.2 Å². The van der Waals surface area contributed by atoms with Crippen LogP contribution in [0.1, 0.15) is 56.5 Å². The van der Waals surface area contributed by atoms with Crippen LogP contribution >= 0.6 is 0 Å². The highest BCUT2D eigenvalue weighted by atomic mass is 19.4. The summed E-state index contributed by atoms with van der Waals surface area (Å²) in [5, 5.41) is 0. The van der Waals surface area contributed by atoms with Gasteiger partial charge in [-0.25, -0.2) is 9.59 Å². The second-order valence-corrected chi connectivity index (χ2v) is 8.33. The van der Waals surface area contributed by atoms with E-state index in [-0.39, 0.29) is 11.5 Å². The summed E-state index contributed by atoms with van der Waals surface area (Å²) in [4.78, 5) is 25.5. The molecule has 2 rings (SSSR count). The lowest BCUT2D eigenvalue weighted by molar-refractivity contribution is -0.139. The Bertz CT molecular complexity index is 765. The van der Waals surface area contributed by atoms with Gasteiger partial charge < -0.3 is 19.1 Å². The second-order valence-electron chi connectivity index (χ2n) is 8.33. The SMILES string of the molecule is COC(=O)c1ccc(C(F)(F)F)c(OC(C)C2CCN(C(=O)OC(C)(C)C)CC2)c1. The summed E-state index contributed by atoms with van der Waals surface area (Å²) in [5.74, 6) is -1.20. The summed E-state index contributed by atoms with van der Waals surface area (Å²) >= 11 is 0. The number of amides is 1. The first-order valence-corrected chi connectivity index (χ1v) is 9.76. The largest absolute Gasteiger partial charge is 0.490 e. The molecule has 1 aliphatic rings. The molecule has 1 fully saturated rings. The maximum absolute atomic E-state index is 13.4. The summed E-state index contributed by atoms with van der Waals surface area (Å²) < 4.78 is 55.7. The Kier molecular flexibility index (Phi) is 7.26. The van der Waals surface area contributed by atoms with E-state index in [1.165, 1.54) is 0 Å². The van der Waals surface area contributed by atoms with Crippen molar-refractivity contribution < 1.29 is 37.0 Å². The summed E-state index contributed by atoms with van der Waals surface area (Å²) in [5.41, 5.74) is -1.57. The zero-order valence-corrected chi connectivity index (χ0v) is 17.8. The normalized spacial score (nSPS) is 16.7. The van der Waals surface area contributed by atoms with Crippen LogP contribution in [-0.4, -0.2) is 48.9 Å². The monoisotopic (exact) mass is 431 g/mol. The fraction of sp³-hybridized carbons (Fsp3) is 0.619. The van der Waals surface area contributed by atoms with E-state index < -0.39 is 41.3 Å². The highest BCUT2D eigenvalue weighted by Gasteiger charge is 2.36. The number of hydrogen-bond donors (Lipinski definition) is 0. The maximum atomic E-state index is 13.4. The third kappa shape index (κ3) is 6.27. The molecular formula is C21H28F3NO5. The van der Waals surface area contributed by atoms with Gasteiger partial charge in [0.05, 0.1) is 24.3 Å². The molecule has 0 aromatic heterocycles. The van der Waals surface area contributed by atoms with Crippen LogP contribution in [-0.2, 0) is 15.7 Å². The number of carbonyl (C=O) groups is 2. The van der Waals surface area contributed by atoms with E-state index in [0.29, 0.717) is 25.9 Å². The molecule has 0 aliphatic carbocycles. The van der Waals surface area contributed by atoms with E-state index in [0.717, 1.165) is 25.3 Å². The van der Waals surface area contributed by atoms with Gasteiger partial charge in [0.25, 0.3) is 0 Å². The van der Waals surface area contributed by atoms with Crippen molar-refractivity contribution in [2.45, 2.75) is 58.4 Å². The molecule has 1 unspecified atom stereocenters. The summed E-state index contributed by atoms with van der Waals surface area (Å²) in [7, 11) is 1.15. The lowest BCUT2D eigenvalue weighted by atomic mass is 9.92. The molecule has 1 aromatic rings. The van der Waals surface area contributed by atoms with Crippen molar-refractivity contribution in [3.05, 3.63) is 29.3 Å². The van der Waals surface area contributed by atoms with Gasteiger partial charge in [0.1, 0.15) is 11.4 Å². The molecule has 0 bridgehead atoms. The van der Waals surface area contributed by atoms with Gasteiger partial charge in [-0.15, -0.1) is 0 Å². The number of nitrogens with zero attached hydrogens (tertiary/aromatic N) is 1. The van der Waals surface area contributed by atoms with Crippen molar-refractivity contribution in [2.24, 2.45) is 5.92 Å². The zero-order chi connectivity index (χ0) is 22.7. The molecule has 1 aromatic carbocycles. The van der Waals surface area contributed by atoms with Gasteiger partial charge in [0.15, 0.2) is 0 Å². The van der Waals surface area contributed by atoms with Crippen LogP contribution in [0.25, 0.3) is 0 Å². The van der Waals surface area contributed by atoms with Gasteiger partial charge in [0, 0.05) is 13.1 Å². The van der Waals surface area contributed by atoms with E-state index in [4.69, 9.17) is 9.47 Å². The Morgan fingerprint density at radius 1 is 1.13 bits per heavy atom. The molecule has 9 heteroatoms. The first-order valence-electron chi connectivity index (χ1n) is 9.76. The Balaban J connectivity index is 2.08. The van der Waals surface area contributed by atoms with Gasteiger partial charge in [-0.1, -0.05) is 0 Å². The molecular weight excluding hydrogens is 403 g/mol. The fourth-order valence-electron chi connectivity index (χ4n) is 3.27. The average molecular weight is 431 g/mol. The first-order chi connectivity index (χ1) is 13.8. The Morgan fingerprint density at radius 2 is 1.73 bits per heavy atom. The minimum Gasteiger partial charge on any atom is -0.490 e. The Labute approximate surface area is 174 Å². The number of halogens is 3. The minimum atomic E-state index is -4.62. The van der Waals surface area contributed by atoms with E-state index in [9.17, 15) is 22.8 Å². The molecule has 6 nitrogen and oxygen atoms in total. The van der Waals surface area contributed by atoms with Crippen LogP contribution in [0.15, 0.2) is 18.2 Å². The molecule has 1 heterocycles. The van der Waals surface area contributed by atoms with Crippen LogP contribution < -0.4 is 4.74 Å². The lowest BCUT2D eigenvalue weighted by Crippen LogP contribution is -2.44. The Hall–Kier alpha value is -2.45. The van der Waals surface area contributed by atoms with Crippen LogP contribution in [0.5, 0.6) is 5.75 Å². The van der Waals surface area contributed by atoms with Crippen LogP contribution in [0.2, 0.25) is 0 Å². The van der Waals surface area contributed by atoms with Crippen molar-refractivity contribution in [1.29, 1.82) is 0 Å². The van der Waals surface area contributed by atoms with E-state index in [1.54, 1.807) is 32.6 Å². The predicted octanol–water partition coefficient (Wildman–Crippen LogP) is 4.91. The highest BCUT2D eigenvalue weighted by Crippen LogP contribution is 2.38. The molecule has 1 aliphatic heterocycles. The van der Waals surface area contributed by atoms with E-state index in [1.807, 2.05) is 0 Å². The van der Waals surface area contributed by atoms with Crippen molar-refractivity contribution in [1.82, 2.24) is 4.90 Å². The molecule has 168 valence electrons. The number of ether oxygens (including phenoxy) is 3. The van der Waals surface area contributed by atoms with E-state index in [2.05, 4.69) is 4.74 Å². The molecule has 30 heavy (non-hydrogen) atoms. The molecule has 1 amide bonds. The van der Waals surface area contributed by atoms with Crippen molar-refractivity contribution in [2.75, 3.05) is 20.2 Å². The van der Waals surface area contributed by atoms with Crippen molar-refractivity contribution in [3.63, 3.8) is 0 Å². The molecule has 0 spiro atoms. The number of piperidine rings is 1. The summed E-state index contributed by atoms with van der Waals surface area (Å²) in [6, 6.07) is 2.94. The number of esters is 1. The van der Waals surface area contributed by atoms with Crippen LogP contribution in [0.3, 0.4) is 0 Å². The number of hydrogen-bond acceptors (Lipinski definition) is 5. The van der Waals surface area contributed by atoms with Gasteiger partial charge in [0.2, 0.25) is 0 Å². The topological polar surface area (TPSA) is 65.1 Å². The third-order valence-electron chi connectivity index (χ3n) is 4.88. The quantitative estimate of drug-likeness (QED) is 0.634. The summed E-state index contributed by atoms with van der Waals surface area (Å²) in [6.45, 7) is 7.92. The van der Waals surface area contributed by atoms with Crippen molar-refractivity contribution >= 4 is 12.1 Å². The number of likely N-dealkylation sites (tertiary alicyclic amines) is 1. The maximum Gasteiger partial charge on any atom is 0.419 e. The van der Waals surface area contributed by atoms with Gasteiger partial charge in [-0.05, 0) is 64.7 Å². The predicted molar refractivity (Wildman–Crippen MR) is 103 cm³/mol. The first kappa shape index (κ1) is 23.8. The zero-order valence-electron chi connectivity index (χ0n) is 17.8. The molecule has 1 saturated heterocycles. The van der Waals surface area contributed by atoms with Gasteiger partial charge in [-0.2, -0.15) is 13.2 Å². The number of alkyl halides is 3. The number of benzene rings is 1. The standard InChI is InChI=1S/C21H28F3NO5/c1-13(14-8-10-25(11-9-14)19(27)30-20(2,3)4)29-17-12-15(18(26)28-5)6-7-16(17)21(22,23)24/h6-7,12-14H,8-11H2,1-5H3. The molecule has 0 N–H and O–H groups in total. The third-order valence-corrected chi connectivity index (χ3v) is 4.88. The average Bonchev–Trinajstić information content (AvgIpc) is 2.65. The fourth-order valence-corrected chi connectivity index (χ4v) is 3.27. The van der Waals surface area contributed by atoms with E-state index >= 15 is 0 Å². The Morgan fingerprint density at radius 3 is 2.23 bits per heavy atom. The second kappa shape index (κ2) is 9.14. The molecule has 1 atom stereocenters. The van der Waals surface area contributed by atoms with Crippen LogP contribution in [0.4, 0.5) is 18.0 Å². The molecule has 0 saturated carbocycles. The number of rotatable bonds is 4.